The quantitative estimate of drug-likeness (QED) is 0.741. The molecule has 1 heterocycles. The Bertz CT molecular complexity index is 528. The molecule has 6 nitrogen and oxygen atoms in total. The van der Waals surface area contributed by atoms with Crippen molar-refractivity contribution in [1.29, 1.82) is 0 Å². The largest absolute Gasteiger partial charge is 0.487 e. The Balaban J connectivity index is 1.92. The highest BCUT2D eigenvalue weighted by atomic mass is 16.6. The van der Waals surface area contributed by atoms with Gasteiger partial charge in [-0.15, -0.1) is 0 Å². The molecule has 20 heavy (non-hydrogen) atoms. The number of para-hydroxylation sites is 1. The van der Waals surface area contributed by atoms with E-state index in [1.165, 1.54) is 0 Å². The smallest absolute Gasteiger partial charge is 0.145 e. The SMILES string of the molecule is COCCNCc1ccccc1OCc1nonc1C. The van der Waals surface area contributed by atoms with E-state index in [1.807, 2.05) is 31.2 Å². The number of hydrogen-bond acceptors (Lipinski definition) is 6. The molecule has 0 atom stereocenters. The van der Waals surface area contributed by atoms with Crippen molar-refractivity contribution < 1.29 is 14.1 Å². The molecule has 2 rings (SSSR count). The first-order valence-corrected chi connectivity index (χ1v) is 6.49. The molecule has 0 amide bonds. The van der Waals surface area contributed by atoms with Crippen molar-refractivity contribution in [2.75, 3.05) is 20.3 Å². The average Bonchev–Trinajstić information content (AvgIpc) is 2.88. The van der Waals surface area contributed by atoms with E-state index in [0.717, 1.165) is 30.1 Å². The lowest BCUT2D eigenvalue weighted by atomic mass is 10.2. The summed E-state index contributed by atoms with van der Waals surface area (Å²) in [7, 11) is 1.69. The molecule has 1 N–H and O–H groups in total. The van der Waals surface area contributed by atoms with E-state index in [0.29, 0.717) is 18.9 Å². The highest BCUT2D eigenvalue weighted by Crippen LogP contribution is 2.19. The summed E-state index contributed by atoms with van der Waals surface area (Å²) in [6.45, 7) is 4.41. The van der Waals surface area contributed by atoms with Crippen LogP contribution in [0.4, 0.5) is 0 Å². The van der Waals surface area contributed by atoms with Gasteiger partial charge in [-0.1, -0.05) is 28.5 Å². The Morgan fingerprint density at radius 1 is 1.25 bits per heavy atom. The first-order valence-electron chi connectivity index (χ1n) is 6.49. The number of nitrogens with zero attached hydrogens (tertiary/aromatic N) is 2. The predicted octanol–water partition coefficient (Wildman–Crippen LogP) is 1.69. The lowest BCUT2D eigenvalue weighted by Crippen LogP contribution is -2.19. The molecular weight excluding hydrogens is 258 g/mol. The first-order chi connectivity index (χ1) is 9.81. The van der Waals surface area contributed by atoms with Crippen LogP contribution in [0.3, 0.4) is 0 Å². The van der Waals surface area contributed by atoms with Crippen LogP contribution in [0.25, 0.3) is 0 Å². The third-order valence-corrected chi connectivity index (χ3v) is 2.88. The number of ether oxygens (including phenoxy) is 2. The van der Waals surface area contributed by atoms with E-state index in [4.69, 9.17) is 9.47 Å². The second-order valence-corrected chi connectivity index (χ2v) is 4.36. The molecule has 0 bridgehead atoms. The number of methoxy groups -OCH3 is 1. The van der Waals surface area contributed by atoms with E-state index in [9.17, 15) is 0 Å². The zero-order chi connectivity index (χ0) is 14.2. The third kappa shape index (κ3) is 4.04. The van der Waals surface area contributed by atoms with Crippen LogP contribution in [0, 0.1) is 6.92 Å². The number of rotatable bonds is 8. The first kappa shape index (κ1) is 14.5. The van der Waals surface area contributed by atoms with Crippen molar-refractivity contribution in [3.63, 3.8) is 0 Å². The Kier molecular flexibility index (Phi) is 5.52. The van der Waals surface area contributed by atoms with Gasteiger partial charge in [0.25, 0.3) is 0 Å². The number of hydrogen-bond donors (Lipinski definition) is 1. The second-order valence-electron chi connectivity index (χ2n) is 4.36. The maximum atomic E-state index is 5.79. The minimum atomic E-state index is 0.352. The summed E-state index contributed by atoms with van der Waals surface area (Å²) in [5.41, 5.74) is 2.56. The molecule has 1 aromatic carbocycles. The van der Waals surface area contributed by atoms with E-state index in [-0.39, 0.29) is 0 Å². The van der Waals surface area contributed by atoms with Gasteiger partial charge in [-0.05, 0) is 13.0 Å². The standard InChI is InChI=1S/C14H19N3O3/c1-11-13(17-20-16-11)10-19-14-6-4-3-5-12(14)9-15-7-8-18-2/h3-6,15H,7-10H2,1-2H3. The van der Waals surface area contributed by atoms with Gasteiger partial charge in [0.15, 0.2) is 0 Å². The van der Waals surface area contributed by atoms with Gasteiger partial charge in [-0.2, -0.15) is 0 Å². The van der Waals surface area contributed by atoms with Gasteiger partial charge >= 0.3 is 0 Å². The summed E-state index contributed by atoms with van der Waals surface area (Å²) in [4.78, 5) is 0. The molecule has 108 valence electrons. The molecule has 0 aliphatic carbocycles. The third-order valence-electron chi connectivity index (χ3n) is 2.88. The molecule has 0 unspecified atom stereocenters. The summed E-state index contributed by atoms with van der Waals surface area (Å²) in [6.07, 6.45) is 0. The summed E-state index contributed by atoms with van der Waals surface area (Å²) in [5.74, 6) is 0.833. The lowest BCUT2D eigenvalue weighted by molar-refractivity contribution is 0.199. The molecule has 0 saturated heterocycles. The van der Waals surface area contributed by atoms with E-state index in [1.54, 1.807) is 7.11 Å². The molecule has 6 heteroatoms. The second kappa shape index (κ2) is 7.62. The van der Waals surface area contributed by atoms with E-state index >= 15 is 0 Å². The molecular formula is C14H19N3O3. The van der Waals surface area contributed by atoms with Gasteiger partial charge in [0.1, 0.15) is 23.7 Å². The fourth-order valence-corrected chi connectivity index (χ4v) is 1.71. The van der Waals surface area contributed by atoms with Gasteiger partial charge in [0.2, 0.25) is 0 Å². The number of aromatic nitrogens is 2. The highest BCUT2D eigenvalue weighted by molar-refractivity contribution is 5.33. The summed E-state index contributed by atoms with van der Waals surface area (Å²) in [6, 6.07) is 7.91. The van der Waals surface area contributed by atoms with E-state index in [2.05, 4.69) is 20.3 Å². The number of nitrogens with one attached hydrogen (secondary N) is 1. The van der Waals surface area contributed by atoms with Gasteiger partial charge in [-0.25, -0.2) is 4.63 Å². The van der Waals surface area contributed by atoms with Crippen LogP contribution in [0.2, 0.25) is 0 Å². The molecule has 0 spiro atoms. The van der Waals surface area contributed by atoms with Crippen LogP contribution in [-0.4, -0.2) is 30.6 Å². The van der Waals surface area contributed by atoms with Crippen LogP contribution in [0.15, 0.2) is 28.9 Å². The van der Waals surface area contributed by atoms with Crippen molar-refractivity contribution >= 4 is 0 Å². The lowest BCUT2D eigenvalue weighted by Gasteiger charge is -2.11. The number of aryl methyl sites for hydroxylation is 1. The van der Waals surface area contributed by atoms with Crippen molar-refractivity contribution in [1.82, 2.24) is 15.6 Å². The number of benzene rings is 1. The van der Waals surface area contributed by atoms with Crippen LogP contribution in [0.1, 0.15) is 17.0 Å². The van der Waals surface area contributed by atoms with Crippen molar-refractivity contribution in [2.45, 2.75) is 20.1 Å². The Morgan fingerprint density at radius 3 is 2.85 bits per heavy atom. The zero-order valence-electron chi connectivity index (χ0n) is 11.8. The van der Waals surface area contributed by atoms with Gasteiger partial charge in [0, 0.05) is 25.8 Å². The van der Waals surface area contributed by atoms with Crippen LogP contribution in [-0.2, 0) is 17.9 Å². The summed E-state index contributed by atoms with van der Waals surface area (Å²) < 4.78 is 15.4. The van der Waals surface area contributed by atoms with Gasteiger partial charge < -0.3 is 14.8 Å². The topological polar surface area (TPSA) is 69.4 Å². The normalized spacial score (nSPS) is 10.7. The van der Waals surface area contributed by atoms with Crippen LogP contribution < -0.4 is 10.1 Å². The molecule has 0 fully saturated rings. The van der Waals surface area contributed by atoms with Gasteiger partial charge in [-0.3, -0.25) is 0 Å². The minimum absolute atomic E-state index is 0.352. The molecule has 0 aliphatic rings. The van der Waals surface area contributed by atoms with Crippen LogP contribution in [0.5, 0.6) is 5.75 Å². The maximum absolute atomic E-state index is 5.79. The molecule has 2 aromatic rings. The molecule has 1 aromatic heterocycles. The van der Waals surface area contributed by atoms with Gasteiger partial charge in [0.05, 0.1) is 6.61 Å². The minimum Gasteiger partial charge on any atom is -0.487 e. The summed E-state index contributed by atoms with van der Waals surface area (Å²) >= 11 is 0. The molecule has 0 radical (unpaired) electrons. The van der Waals surface area contributed by atoms with Crippen molar-refractivity contribution in [3.8, 4) is 5.75 Å². The monoisotopic (exact) mass is 277 g/mol. The Labute approximate surface area is 118 Å². The summed E-state index contributed by atoms with van der Waals surface area (Å²) in [5, 5.41) is 10.8. The maximum Gasteiger partial charge on any atom is 0.145 e. The van der Waals surface area contributed by atoms with E-state index < -0.39 is 0 Å². The molecule has 0 saturated carbocycles. The molecule has 0 aliphatic heterocycles. The Hall–Kier alpha value is -1.92. The fraction of sp³-hybridized carbons (Fsp3) is 0.429. The Morgan fingerprint density at radius 2 is 2.10 bits per heavy atom. The van der Waals surface area contributed by atoms with Crippen LogP contribution >= 0.6 is 0 Å². The predicted molar refractivity (Wildman–Crippen MR) is 73.4 cm³/mol. The fourth-order valence-electron chi connectivity index (χ4n) is 1.71. The zero-order valence-corrected chi connectivity index (χ0v) is 11.8. The van der Waals surface area contributed by atoms with Crippen molar-refractivity contribution in [2.24, 2.45) is 0 Å². The van der Waals surface area contributed by atoms with Crippen molar-refractivity contribution in [3.05, 3.63) is 41.2 Å². The average molecular weight is 277 g/mol. The highest BCUT2D eigenvalue weighted by Gasteiger charge is 2.08.